The smallest absolute Gasteiger partial charge is 0.319 e. The van der Waals surface area contributed by atoms with Gasteiger partial charge in [-0.1, -0.05) is 11.3 Å². The van der Waals surface area contributed by atoms with Gasteiger partial charge in [0, 0.05) is 32.0 Å². The number of hydrogen-bond donors (Lipinski definition) is 1. The molecule has 3 aliphatic heterocycles. The Morgan fingerprint density at radius 2 is 2.09 bits per heavy atom. The number of nitrogens with two attached hydrogens (primary N) is 1. The zero-order chi connectivity index (χ0) is 29.9. The largest absolute Gasteiger partial charge is 0.475 e. The summed E-state index contributed by atoms with van der Waals surface area (Å²) in [7, 11) is 1.77. The zero-order valence-corrected chi connectivity index (χ0v) is 24.0. The van der Waals surface area contributed by atoms with Crippen LogP contribution in [-0.4, -0.2) is 89.0 Å². The first-order valence-electron chi connectivity index (χ1n) is 14.0. The molecule has 15 heteroatoms. The lowest BCUT2D eigenvalue weighted by Crippen LogP contribution is -2.43. The normalized spacial score (nSPS) is 23.4. The van der Waals surface area contributed by atoms with Crippen LogP contribution in [0.25, 0.3) is 32.4 Å². The number of likely N-dealkylation sites (N-methyl/N-ethyl adjacent to an activating group) is 1. The van der Waals surface area contributed by atoms with Crippen LogP contribution in [0.15, 0.2) is 12.1 Å². The van der Waals surface area contributed by atoms with Gasteiger partial charge in [-0.15, -0.1) is 0 Å². The molecule has 0 aliphatic carbocycles. The fourth-order valence-electron chi connectivity index (χ4n) is 6.53. The van der Waals surface area contributed by atoms with Crippen molar-refractivity contribution in [3.63, 3.8) is 0 Å². The highest BCUT2D eigenvalue weighted by Gasteiger charge is 2.49. The molecule has 7 rings (SSSR count). The number of halogens is 3. The molecule has 11 nitrogen and oxygen atoms in total. The van der Waals surface area contributed by atoms with Crippen LogP contribution in [0.3, 0.4) is 0 Å². The van der Waals surface area contributed by atoms with Gasteiger partial charge in [-0.25, -0.2) is 23.1 Å². The Morgan fingerprint density at radius 1 is 1.23 bits per heavy atom. The van der Waals surface area contributed by atoms with E-state index in [1.54, 1.807) is 11.9 Å². The second kappa shape index (κ2) is 10.6. The summed E-state index contributed by atoms with van der Waals surface area (Å²) in [5.74, 6) is -0.930. The summed E-state index contributed by atoms with van der Waals surface area (Å²) in [6.45, 7) is 1.92. The molecule has 4 aromatic rings. The van der Waals surface area contributed by atoms with Crippen molar-refractivity contribution in [3.05, 3.63) is 23.8 Å². The molecule has 0 spiro atoms. The molecule has 2 fully saturated rings. The van der Waals surface area contributed by atoms with Gasteiger partial charge in [0.1, 0.15) is 47.6 Å². The molecule has 2 N–H and O–H groups in total. The van der Waals surface area contributed by atoms with Crippen LogP contribution in [0.2, 0.25) is 0 Å². The maximum absolute atomic E-state index is 16.6. The van der Waals surface area contributed by atoms with Gasteiger partial charge in [-0.05, 0) is 31.5 Å². The Labute approximate surface area is 247 Å². The monoisotopic (exact) mass is 615 g/mol. The number of hydrogen-bond acceptors (Lipinski definition) is 12. The SMILES string of the molecule is CN1c2nc(OC[C@@]34CCCN3C[C@H](F)C4)nc3c(F)c(-c4ccc(F)c5sc(N)nc45)nc(c23)OC[C@@H]1CCOC=O. The Kier molecular flexibility index (Phi) is 6.88. The molecule has 0 amide bonds. The van der Waals surface area contributed by atoms with Crippen molar-refractivity contribution in [2.24, 2.45) is 0 Å². The average Bonchev–Trinajstić information content (AvgIpc) is 3.63. The van der Waals surface area contributed by atoms with E-state index < -0.39 is 23.3 Å². The molecule has 0 saturated carbocycles. The Balaban J connectivity index is 1.36. The number of carbonyl (C=O) groups is 1. The number of ether oxygens (including phenoxy) is 3. The molecule has 1 aromatic carbocycles. The minimum atomic E-state index is -0.940. The number of aromatic nitrogens is 4. The molecule has 3 atom stereocenters. The van der Waals surface area contributed by atoms with Gasteiger partial charge in [0.05, 0.1) is 28.4 Å². The lowest BCUT2D eigenvalue weighted by molar-refractivity contribution is -0.128. The molecule has 0 bridgehead atoms. The summed E-state index contributed by atoms with van der Waals surface area (Å²) in [5.41, 5.74) is 5.55. The third-order valence-electron chi connectivity index (χ3n) is 8.64. The molecule has 3 aromatic heterocycles. The third kappa shape index (κ3) is 4.65. The highest BCUT2D eigenvalue weighted by molar-refractivity contribution is 7.22. The molecule has 2 saturated heterocycles. The summed E-state index contributed by atoms with van der Waals surface area (Å²) >= 11 is 0.953. The van der Waals surface area contributed by atoms with Gasteiger partial charge in [-0.3, -0.25) is 9.69 Å². The van der Waals surface area contributed by atoms with Gasteiger partial charge in [0.25, 0.3) is 6.47 Å². The first-order chi connectivity index (χ1) is 20.8. The van der Waals surface area contributed by atoms with Crippen LogP contribution < -0.4 is 20.1 Å². The number of alkyl halides is 1. The van der Waals surface area contributed by atoms with Gasteiger partial charge < -0.3 is 24.8 Å². The predicted molar refractivity (Wildman–Crippen MR) is 153 cm³/mol. The number of carbonyl (C=O) groups excluding carboxylic acids is 1. The van der Waals surface area contributed by atoms with Crippen molar-refractivity contribution >= 4 is 49.9 Å². The number of nitrogens with zero attached hydrogens (tertiary/aromatic N) is 6. The van der Waals surface area contributed by atoms with Gasteiger partial charge >= 0.3 is 6.01 Å². The van der Waals surface area contributed by atoms with Crippen molar-refractivity contribution in [2.45, 2.75) is 43.4 Å². The molecule has 0 unspecified atom stereocenters. The Hall–Kier alpha value is -3.98. The number of fused-ring (bicyclic) bond motifs is 2. The molecule has 0 radical (unpaired) electrons. The van der Waals surface area contributed by atoms with Crippen molar-refractivity contribution in [2.75, 3.05) is 50.6 Å². The number of thiazole rings is 1. The van der Waals surface area contributed by atoms with E-state index in [0.717, 1.165) is 30.7 Å². The van der Waals surface area contributed by atoms with Crippen LogP contribution in [0.1, 0.15) is 25.7 Å². The molecule has 3 aliphatic rings. The molecule has 226 valence electrons. The lowest BCUT2D eigenvalue weighted by Gasteiger charge is -2.31. The number of benzene rings is 1. The fourth-order valence-corrected chi connectivity index (χ4v) is 7.29. The highest BCUT2D eigenvalue weighted by atomic mass is 32.1. The van der Waals surface area contributed by atoms with Crippen LogP contribution >= 0.6 is 11.3 Å². The van der Waals surface area contributed by atoms with Crippen LogP contribution in [-0.2, 0) is 9.53 Å². The second-order valence-corrected chi connectivity index (χ2v) is 12.2. The summed E-state index contributed by atoms with van der Waals surface area (Å²) in [6.07, 6.45) is 1.52. The van der Waals surface area contributed by atoms with Crippen LogP contribution in [0.4, 0.5) is 24.1 Å². The van der Waals surface area contributed by atoms with E-state index in [-0.39, 0.29) is 75.3 Å². The van der Waals surface area contributed by atoms with E-state index in [1.807, 2.05) is 0 Å². The minimum Gasteiger partial charge on any atom is -0.475 e. The quantitative estimate of drug-likeness (QED) is 0.229. The number of anilines is 2. The zero-order valence-electron chi connectivity index (χ0n) is 23.2. The average molecular weight is 616 g/mol. The highest BCUT2D eigenvalue weighted by Crippen LogP contribution is 2.43. The fraction of sp³-hybridized carbons (Fsp3) is 0.464. The van der Waals surface area contributed by atoms with Gasteiger partial charge in [-0.2, -0.15) is 9.97 Å². The van der Waals surface area contributed by atoms with E-state index in [9.17, 15) is 13.6 Å². The van der Waals surface area contributed by atoms with Crippen LogP contribution in [0, 0.1) is 11.6 Å². The molecule has 6 heterocycles. The second-order valence-electron chi connectivity index (χ2n) is 11.2. The van der Waals surface area contributed by atoms with Gasteiger partial charge in [0.2, 0.25) is 5.88 Å². The topological polar surface area (TPSA) is 129 Å². The maximum atomic E-state index is 16.6. The van der Waals surface area contributed by atoms with Crippen molar-refractivity contribution in [1.82, 2.24) is 24.8 Å². The van der Waals surface area contributed by atoms with Crippen molar-refractivity contribution < 1.29 is 32.2 Å². The first kappa shape index (κ1) is 27.8. The summed E-state index contributed by atoms with van der Waals surface area (Å²) in [4.78, 5) is 32.6. The maximum Gasteiger partial charge on any atom is 0.319 e. The van der Waals surface area contributed by atoms with Crippen LogP contribution in [0.5, 0.6) is 11.9 Å². The minimum absolute atomic E-state index is 0.0770. The molecular formula is C28H28F3N7O4S. The van der Waals surface area contributed by atoms with Gasteiger partial charge in [0.15, 0.2) is 10.9 Å². The van der Waals surface area contributed by atoms with E-state index in [0.29, 0.717) is 31.7 Å². The lowest BCUT2D eigenvalue weighted by atomic mass is 9.95. The van der Waals surface area contributed by atoms with Crippen molar-refractivity contribution in [1.29, 1.82) is 0 Å². The molecule has 43 heavy (non-hydrogen) atoms. The number of rotatable bonds is 8. The Bertz CT molecular complexity index is 1740. The van der Waals surface area contributed by atoms with E-state index in [4.69, 9.17) is 19.9 Å². The van der Waals surface area contributed by atoms with E-state index in [1.165, 1.54) is 12.1 Å². The summed E-state index contributed by atoms with van der Waals surface area (Å²) < 4.78 is 62.8. The number of pyridine rings is 1. The molecular weight excluding hydrogens is 587 g/mol. The standard InChI is InChI=1S/C28H28F3N7O4S/c1-37-15(5-8-40-13-39)11-41-25-18-22(19(31)20(33-25)16-3-4-17(30)23-21(16)34-26(32)43-23)35-27(36-24(18)37)42-12-28-6-2-7-38(28)10-14(29)9-28/h3-4,13-15H,2,5-12H2,1H3,(H2,32,34)/t14-,15+,28+/m1/s1. The summed E-state index contributed by atoms with van der Waals surface area (Å²) in [5, 5.41) is 0.360. The third-order valence-corrected chi connectivity index (χ3v) is 9.53. The first-order valence-corrected chi connectivity index (χ1v) is 14.8. The van der Waals surface area contributed by atoms with E-state index >= 15 is 4.39 Å². The number of nitrogen functional groups attached to an aromatic ring is 1. The van der Waals surface area contributed by atoms with Crippen molar-refractivity contribution in [3.8, 4) is 23.1 Å². The Morgan fingerprint density at radius 3 is 2.93 bits per heavy atom. The summed E-state index contributed by atoms with van der Waals surface area (Å²) in [6, 6.07) is 2.20. The predicted octanol–water partition coefficient (Wildman–Crippen LogP) is 3.88. The van der Waals surface area contributed by atoms with E-state index in [2.05, 4.69) is 24.8 Å².